The fourth-order valence-corrected chi connectivity index (χ4v) is 3.58. The van der Waals surface area contributed by atoms with Gasteiger partial charge < -0.3 is 5.11 Å². The van der Waals surface area contributed by atoms with Crippen LogP contribution in [0.4, 0.5) is 8.78 Å². The maximum absolute atomic E-state index is 13.1. The molecule has 0 amide bonds. The van der Waals surface area contributed by atoms with Gasteiger partial charge in [0.25, 0.3) is 0 Å². The summed E-state index contributed by atoms with van der Waals surface area (Å²) in [4.78, 5) is 11.2. The van der Waals surface area contributed by atoms with E-state index in [0.717, 1.165) is 12.1 Å². The molecular formula is C14H9BrF2O3S. The van der Waals surface area contributed by atoms with E-state index < -0.39 is 28.4 Å². The Labute approximate surface area is 130 Å². The van der Waals surface area contributed by atoms with Crippen LogP contribution in [-0.2, 0) is 16.6 Å². The smallest absolute Gasteiger partial charge is 0.336 e. The second-order valence-electron chi connectivity index (χ2n) is 4.21. The molecule has 0 saturated heterocycles. The Balaban J connectivity index is 2.36. The largest absolute Gasteiger partial charge is 0.478 e. The summed E-state index contributed by atoms with van der Waals surface area (Å²) in [5, 5.41) is 9.09. The molecule has 21 heavy (non-hydrogen) atoms. The van der Waals surface area contributed by atoms with Crippen LogP contribution in [0.15, 0.2) is 45.8 Å². The Kier molecular flexibility index (Phi) is 4.84. The van der Waals surface area contributed by atoms with Crippen molar-refractivity contribution in [2.24, 2.45) is 0 Å². The lowest BCUT2D eigenvalue weighted by Crippen LogP contribution is -2.06. The van der Waals surface area contributed by atoms with E-state index >= 15 is 0 Å². The molecule has 1 N–H and O–H groups in total. The highest BCUT2D eigenvalue weighted by atomic mass is 79.9. The van der Waals surface area contributed by atoms with Gasteiger partial charge in [-0.2, -0.15) is 0 Å². The van der Waals surface area contributed by atoms with Crippen LogP contribution >= 0.6 is 15.9 Å². The molecule has 110 valence electrons. The van der Waals surface area contributed by atoms with Crippen molar-refractivity contribution in [2.45, 2.75) is 10.6 Å². The number of carboxylic acids is 1. The van der Waals surface area contributed by atoms with Gasteiger partial charge in [0.05, 0.1) is 27.0 Å². The first-order chi connectivity index (χ1) is 9.86. The molecule has 1 unspecified atom stereocenters. The molecule has 3 nitrogen and oxygen atoms in total. The molecule has 0 aromatic heterocycles. The lowest BCUT2D eigenvalue weighted by Gasteiger charge is -2.07. The summed E-state index contributed by atoms with van der Waals surface area (Å²) in [7, 11) is -1.74. The van der Waals surface area contributed by atoms with Crippen LogP contribution in [0.25, 0.3) is 0 Å². The van der Waals surface area contributed by atoms with Crippen molar-refractivity contribution in [3.8, 4) is 0 Å². The Bertz CT molecular complexity index is 714. The topological polar surface area (TPSA) is 54.4 Å². The van der Waals surface area contributed by atoms with Crippen molar-refractivity contribution >= 4 is 32.7 Å². The lowest BCUT2D eigenvalue weighted by atomic mass is 10.2. The van der Waals surface area contributed by atoms with Gasteiger partial charge in [0, 0.05) is 10.5 Å². The van der Waals surface area contributed by atoms with Crippen molar-refractivity contribution in [2.75, 3.05) is 0 Å². The van der Waals surface area contributed by atoms with Gasteiger partial charge in [0.2, 0.25) is 0 Å². The van der Waals surface area contributed by atoms with Crippen molar-refractivity contribution < 1.29 is 22.9 Å². The van der Waals surface area contributed by atoms with Gasteiger partial charge in [0.15, 0.2) is 0 Å². The molecule has 0 aliphatic heterocycles. The van der Waals surface area contributed by atoms with E-state index in [0.29, 0.717) is 10.5 Å². The summed E-state index contributed by atoms with van der Waals surface area (Å²) in [6.07, 6.45) is 0. The molecule has 0 spiro atoms. The van der Waals surface area contributed by atoms with Crippen molar-refractivity contribution in [3.63, 3.8) is 0 Å². The van der Waals surface area contributed by atoms with E-state index in [1.165, 1.54) is 18.2 Å². The number of hydrogen-bond donors (Lipinski definition) is 1. The zero-order valence-corrected chi connectivity index (χ0v) is 12.9. The van der Waals surface area contributed by atoms with Gasteiger partial charge in [-0.15, -0.1) is 0 Å². The molecule has 7 heteroatoms. The minimum absolute atomic E-state index is 0.0987. The van der Waals surface area contributed by atoms with Crippen LogP contribution in [-0.4, -0.2) is 15.3 Å². The number of halogens is 3. The third kappa shape index (κ3) is 3.95. The van der Waals surface area contributed by atoms with Crippen LogP contribution in [0, 0.1) is 11.6 Å². The first kappa shape index (κ1) is 15.8. The van der Waals surface area contributed by atoms with E-state index in [4.69, 9.17) is 5.11 Å². The molecule has 2 rings (SSSR count). The fraction of sp³-hybridized carbons (Fsp3) is 0.0714. The number of aromatic carboxylic acids is 1. The van der Waals surface area contributed by atoms with Crippen molar-refractivity contribution in [3.05, 3.63) is 63.6 Å². The molecule has 2 aromatic rings. The van der Waals surface area contributed by atoms with Gasteiger partial charge in [-0.05, 0) is 35.9 Å². The second-order valence-corrected chi connectivity index (χ2v) is 6.55. The summed E-state index contributed by atoms with van der Waals surface area (Å²) in [6.45, 7) is 0. The van der Waals surface area contributed by atoms with E-state index in [1.54, 1.807) is 0 Å². The predicted octanol–water partition coefficient (Wildman–Crippen LogP) is 3.73. The molecule has 0 bridgehead atoms. The number of benzene rings is 2. The van der Waals surface area contributed by atoms with Crippen molar-refractivity contribution in [1.29, 1.82) is 0 Å². The summed E-state index contributed by atoms with van der Waals surface area (Å²) in [6, 6.07) is 7.13. The standard InChI is InChI=1S/C14H9BrF2O3S/c15-9-1-2-12(14(18)19)13(5-9)21(20)7-8-3-10(16)6-11(17)4-8/h1-6H,7H2,(H,18,19). The zero-order valence-electron chi connectivity index (χ0n) is 10.5. The van der Waals surface area contributed by atoms with Crippen molar-refractivity contribution in [1.82, 2.24) is 0 Å². The molecule has 0 fully saturated rings. The van der Waals surface area contributed by atoms with Gasteiger partial charge in [-0.1, -0.05) is 15.9 Å². The Morgan fingerprint density at radius 3 is 2.33 bits per heavy atom. The average molecular weight is 375 g/mol. The summed E-state index contributed by atoms with van der Waals surface area (Å²) in [5.41, 5.74) is 0.0931. The van der Waals surface area contributed by atoms with E-state index in [-0.39, 0.29) is 21.8 Å². The highest BCUT2D eigenvalue weighted by Gasteiger charge is 2.16. The van der Waals surface area contributed by atoms with Gasteiger partial charge >= 0.3 is 5.97 Å². The number of hydrogen-bond acceptors (Lipinski definition) is 2. The Hall–Kier alpha value is -1.60. The molecule has 1 atom stereocenters. The molecule has 0 saturated carbocycles. The highest BCUT2D eigenvalue weighted by Crippen LogP contribution is 2.22. The van der Waals surface area contributed by atoms with E-state index in [1.807, 2.05) is 0 Å². The van der Waals surface area contributed by atoms with Crippen LogP contribution in [0.5, 0.6) is 0 Å². The highest BCUT2D eigenvalue weighted by molar-refractivity contribution is 9.10. The maximum atomic E-state index is 13.1. The van der Waals surface area contributed by atoms with Crippen LogP contribution < -0.4 is 0 Å². The van der Waals surface area contributed by atoms with Gasteiger partial charge in [-0.25, -0.2) is 13.6 Å². The second kappa shape index (κ2) is 6.44. The van der Waals surface area contributed by atoms with Gasteiger partial charge in [0.1, 0.15) is 11.6 Å². The average Bonchev–Trinajstić information content (AvgIpc) is 2.36. The minimum atomic E-state index is -1.74. The van der Waals surface area contributed by atoms with Crippen LogP contribution in [0.1, 0.15) is 15.9 Å². The van der Waals surface area contributed by atoms with Gasteiger partial charge in [-0.3, -0.25) is 4.21 Å². The fourth-order valence-electron chi connectivity index (χ4n) is 1.78. The molecule has 0 aliphatic carbocycles. The van der Waals surface area contributed by atoms with E-state index in [2.05, 4.69) is 15.9 Å². The Morgan fingerprint density at radius 2 is 1.76 bits per heavy atom. The van der Waals surface area contributed by atoms with E-state index in [9.17, 15) is 17.8 Å². The predicted molar refractivity (Wildman–Crippen MR) is 77.6 cm³/mol. The summed E-state index contributed by atoms with van der Waals surface area (Å²) < 4.78 is 39.1. The number of carbonyl (C=O) groups is 1. The minimum Gasteiger partial charge on any atom is -0.478 e. The normalized spacial score (nSPS) is 12.1. The summed E-state index contributed by atoms with van der Waals surface area (Å²) >= 11 is 3.18. The first-order valence-corrected chi connectivity index (χ1v) is 7.84. The first-order valence-electron chi connectivity index (χ1n) is 5.73. The summed E-state index contributed by atoms with van der Waals surface area (Å²) in [5.74, 6) is -2.92. The molecule has 2 aromatic carbocycles. The van der Waals surface area contributed by atoms with Crippen LogP contribution in [0.3, 0.4) is 0 Å². The quantitative estimate of drug-likeness (QED) is 0.886. The third-order valence-electron chi connectivity index (χ3n) is 2.64. The number of carboxylic acid groups (broad SMARTS) is 1. The molecule has 0 aliphatic rings. The third-order valence-corrected chi connectivity index (χ3v) is 4.56. The number of rotatable bonds is 4. The monoisotopic (exact) mass is 374 g/mol. The maximum Gasteiger partial charge on any atom is 0.336 e. The molecule has 0 heterocycles. The zero-order chi connectivity index (χ0) is 15.6. The Morgan fingerprint density at radius 1 is 1.14 bits per heavy atom. The molecular weight excluding hydrogens is 366 g/mol. The lowest BCUT2D eigenvalue weighted by molar-refractivity contribution is 0.0693. The van der Waals surface area contributed by atoms with Crippen LogP contribution in [0.2, 0.25) is 0 Å². The SMILES string of the molecule is O=C(O)c1ccc(Br)cc1S(=O)Cc1cc(F)cc(F)c1. The molecule has 0 radical (unpaired) electrons.